The molecule has 1 aliphatic rings. The highest BCUT2D eigenvalue weighted by atomic mass is 16.5. The molecule has 4 heteroatoms. The Kier molecular flexibility index (Phi) is 5.83. The minimum Gasteiger partial charge on any atom is -0.373 e. The molecule has 0 spiro atoms. The molecule has 0 bridgehead atoms. The van der Waals surface area contributed by atoms with Crippen LogP contribution in [0.3, 0.4) is 0 Å². The number of nitrogens with one attached hydrogen (secondary N) is 1. The van der Waals surface area contributed by atoms with E-state index in [-0.39, 0.29) is 11.6 Å². The van der Waals surface area contributed by atoms with Crippen molar-refractivity contribution in [3.05, 3.63) is 35.4 Å². The number of nitrogens with zero attached hydrogens (tertiary/aromatic N) is 1. The van der Waals surface area contributed by atoms with E-state index in [1.54, 1.807) is 0 Å². The van der Waals surface area contributed by atoms with E-state index >= 15 is 0 Å². The van der Waals surface area contributed by atoms with Gasteiger partial charge in [0.1, 0.15) is 0 Å². The molecular weight excluding hydrogens is 274 g/mol. The standard InChI is InChI=1S/C18H29N3O/c1-18(2,3)21-17(19)20-12-7-13-22-16-11-6-9-14-8-4-5-10-15(14)16/h4-5,8,10,16H,6-7,9,11-13H2,1-3H3,(H3,19,20,21). The van der Waals surface area contributed by atoms with Crippen LogP contribution in [0.15, 0.2) is 29.3 Å². The molecule has 0 saturated heterocycles. The van der Waals surface area contributed by atoms with Crippen LogP contribution in [-0.4, -0.2) is 24.7 Å². The van der Waals surface area contributed by atoms with E-state index in [1.807, 2.05) is 0 Å². The van der Waals surface area contributed by atoms with Gasteiger partial charge in [-0.1, -0.05) is 24.3 Å². The first kappa shape index (κ1) is 16.8. The van der Waals surface area contributed by atoms with Crippen LogP contribution in [-0.2, 0) is 11.2 Å². The van der Waals surface area contributed by atoms with Crippen molar-refractivity contribution in [2.45, 2.75) is 58.1 Å². The van der Waals surface area contributed by atoms with Crippen LogP contribution < -0.4 is 11.1 Å². The second-order valence-electron chi connectivity index (χ2n) is 6.95. The molecule has 0 saturated carbocycles. The molecule has 1 unspecified atom stereocenters. The third-order valence-corrected chi connectivity index (χ3v) is 3.72. The van der Waals surface area contributed by atoms with Gasteiger partial charge in [-0.3, -0.25) is 4.99 Å². The summed E-state index contributed by atoms with van der Waals surface area (Å²) in [7, 11) is 0. The largest absolute Gasteiger partial charge is 0.373 e. The Morgan fingerprint density at radius 2 is 2.14 bits per heavy atom. The van der Waals surface area contributed by atoms with Crippen LogP contribution >= 0.6 is 0 Å². The second kappa shape index (κ2) is 7.63. The maximum Gasteiger partial charge on any atom is 0.188 e. The number of benzene rings is 1. The predicted octanol–water partition coefficient (Wildman–Crippen LogP) is 3.17. The lowest BCUT2D eigenvalue weighted by atomic mass is 9.89. The maximum absolute atomic E-state index is 6.06. The molecular formula is C18H29N3O. The van der Waals surface area contributed by atoms with E-state index in [0.717, 1.165) is 19.4 Å². The number of fused-ring (bicyclic) bond motifs is 1. The van der Waals surface area contributed by atoms with Gasteiger partial charge >= 0.3 is 0 Å². The number of rotatable bonds is 5. The van der Waals surface area contributed by atoms with Gasteiger partial charge in [0, 0.05) is 18.7 Å². The van der Waals surface area contributed by atoms with E-state index < -0.39 is 0 Å². The van der Waals surface area contributed by atoms with Crippen molar-refractivity contribution in [2.24, 2.45) is 10.7 Å². The summed E-state index contributed by atoms with van der Waals surface area (Å²) >= 11 is 0. The van der Waals surface area contributed by atoms with Crippen LogP contribution in [0.4, 0.5) is 0 Å². The van der Waals surface area contributed by atoms with Crippen LogP contribution in [0.25, 0.3) is 0 Å². The molecule has 1 atom stereocenters. The zero-order chi connectivity index (χ0) is 16.0. The molecule has 122 valence electrons. The van der Waals surface area contributed by atoms with Crippen molar-refractivity contribution in [3.8, 4) is 0 Å². The Bertz CT molecular complexity index is 505. The monoisotopic (exact) mass is 303 g/mol. The molecule has 1 aromatic rings. The lowest BCUT2D eigenvalue weighted by Gasteiger charge is -2.25. The van der Waals surface area contributed by atoms with E-state index in [0.29, 0.717) is 12.5 Å². The van der Waals surface area contributed by atoms with Crippen LogP contribution in [0.1, 0.15) is 57.3 Å². The zero-order valence-corrected chi connectivity index (χ0v) is 14.1. The summed E-state index contributed by atoms with van der Waals surface area (Å²) in [4.78, 5) is 4.34. The third kappa shape index (κ3) is 5.34. The second-order valence-corrected chi connectivity index (χ2v) is 6.95. The first-order valence-electron chi connectivity index (χ1n) is 8.23. The lowest BCUT2D eigenvalue weighted by molar-refractivity contribution is 0.0403. The van der Waals surface area contributed by atoms with E-state index in [2.05, 4.69) is 55.3 Å². The van der Waals surface area contributed by atoms with Crippen molar-refractivity contribution >= 4 is 5.96 Å². The Morgan fingerprint density at radius 3 is 2.91 bits per heavy atom. The summed E-state index contributed by atoms with van der Waals surface area (Å²) < 4.78 is 6.06. The van der Waals surface area contributed by atoms with E-state index in [1.165, 1.54) is 24.0 Å². The molecule has 0 aliphatic heterocycles. The number of aryl methyl sites for hydroxylation is 1. The van der Waals surface area contributed by atoms with Gasteiger partial charge in [0.2, 0.25) is 0 Å². The van der Waals surface area contributed by atoms with Crippen molar-refractivity contribution in [2.75, 3.05) is 13.2 Å². The number of hydrogen-bond acceptors (Lipinski definition) is 2. The Morgan fingerprint density at radius 1 is 1.36 bits per heavy atom. The van der Waals surface area contributed by atoms with Crippen molar-refractivity contribution in [1.82, 2.24) is 5.32 Å². The highest BCUT2D eigenvalue weighted by Gasteiger charge is 2.19. The number of ether oxygens (including phenoxy) is 1. The summed E-state index contributed by atoms with van der Waals surface area (Å²) in [5, 5.41) is 3.16. The first-order valence-corrected chi connectivity index (χ1v) is 8.23. The topological polar surface area (TPSA) is 59.6 Å². The van der Waals surface area contributed by atoms with Gasteiger partial charge in [0.15, 0.2) is 5.96 Å². The summed E-state index contributed by atoms with van der Waals surface area (Å²) in [5.74, 6) is 0.510. The zero-order valence-electron chi connectivity index (χ0n) is 14.1. The van der Waals surface area contributed by atoms with E-state index in [9.17, 15) is 0 Å². The van der Waals surface area contributed by atoms with Gasteiger partial charge in [-0.25, -0.2) is 0 Å². The smallest absolute Gasteiger partial charge is 0.188 e. The first-order chi connectivity index (χ1) is 10.5. The fourth-order valence-electron chi connectivity index (χ4n) is 2.80. The Labute approximate surface area is 134 Å². The number of hydrogen-bond donors (Lipinski definition) is 2. The molecule has 4 nitrogen and oxygen atoms in total. The summed E-state index contributed by atoms with van der Waals surface area (Å²) in [6, 6.07) is 8.63. The normalized spacial score (nSPS) is 18.9. The molecule has 22 heavy (non-hydrogen) atoms. The average Bonchev–Trinajstić information content (AvgIpc) is 2.45. The van der Waals surface area contributed by atoms with Gasteiger partial charge in [0.05, 0.1) is 6.10 Å². The third-order valence-electron chi connectivity index (χ3n) is 3.72. The molecule has 1 aromatic carbocycles. The number of aliphatic imine (C=N–C) groups is 1. The van der Waals surface area contributed by atoms with Gasteiger partial charge in [-0.2, -0.15) is 0 Å². The molecule has 0 radical (unpaired) electrons. The predicted molar refractivity (Wildman–Crippen MR) is 92.1 cm³/mol. The van der Waals surface area contributed by atoms with Crippen LogP contribution in [0, 0.1) is 0 Å². The van der Waals surface area contributed by atoms with Crippen molar-refractivity contribution < 1.29 is 4.74 Å². The van der Waals surface area contributed by atoms with Crippen molar-refractivity contribution in [1.29, 1.82) is 0 Å². The number of guanidine groups is 1. The van der Waals surface area contributed by atoms with Gasteiger partial charge in [0.25, 0.3) is 0 Å². The SMILES string of the molecule is CC(C)(C)NC(N)=NCCCOC1CCCc2ccccc21. The van der Waals surface area contributed by atoms with Crippen molar-refractivity contribution in [3.63, 3.8) is 0 Å². The fourth-order valence-corrected chi connectivity index (χ4v) is 2.80. The lowest BCUT2D eigenvalue weighted by Crippen LogP contribution is -2.45. The van der Waals surface area contributed by atoms with Crippen LogP contribution in [0.2, 0.25) is 0 Å². The molecule has 0 heterocycles. The highest BCUT2D eigenvalue weighted by molar-refractivity contribution is 5.78. The van der Waals surface area contributed by atoms with E-state index in [4.69, 9.17) is 10.5 Å². The quantitative estimate of drug-likeness (QED) is 0.499. The minimum atomic E-state index is -0.0457. The minimum absolute atomic E-state index is 0.0457. The Balaban J connectivity index is 1.73. The highest BCUT2D eigenvalue weighted by Crippen LogP contribution is 2.32. The molecule has 1 aliphatic carbocycles. The maximum atomic E-state index is 6.06. The number of nitrogens with two attached hydrogens (primary N) is 1. The molecule has 0 fully saturated rings. The van der Waals surface area contributed by atoms with Gasteiger partial charge in [-0.05, 0) is 57.6 Å². The molecule has 0 amide bonds. The summed E-state index contributed by atoms with van der Waals surface area (Å²) in [5.41, 5.74) is 8.61. The Hall–Kier alpha value is -1.55. The molecule has 3 N–H and O–H groups in total. The molecule has 0 aromatic heterocycles. The average molecular weight is 303 g/mol. The van der Waals surface area contributed by atoms with Gasteiger partial charge < -0.3 is 15.8 Å². The summed E-state index contributed by atoms with van der Waals surface area (Å²) in [6.45, 7) is 7.63. The van der Waals surface area contributed by atoms with Crippen LogP contribution in [0.5, 0.6) is 0 Å². The van der Waals surface area contributed by atoms with Gasteiger partial charge in [-0.15, -0.1) is 0 Å². The summed E-state index contributed by atoms with van der Waals surface area (Å²) in [6.07, 6.45) is 4.65. The fraction of sp³-hybridized carbons (Fsp3) is 0.611. The molecule has 2 rings (SSSR count).